The molecule has 2 aromatic rings. The maximum atomic E-state index is 12.3. The fraction of sp³-hybridized carbons (Fsp3) is 0.350. The summed E-state index contributed by atoms with van der Waals surface area (Å²) in [4.78, 5) is 5.41. The summed E-state index contributed by atoms with van der Waals surface area (Å²) in [5.41, 5.74) is 0. The summed E-state index contributed by atoms with van der Waals surface area (Å²) in [6.45, 7) is 4.27. The molecule has 0 saturated carbocycles. The Labute approximate surface area is 185 Å². The zero-order valence-corrected chi connectivity index (χ0v) is 18.9. The Morgan fingerprint density at radius 1 is 1.11 bits per heavy atom. The van der Waals surface area contributed by atoms with Crippen LogP contribution in [0, 0.1) is 0 Å². The number of rotatable bonds is 7. The van der Waals surface area contributed by atoms with Crippen LogP contribution in [-0.4, -0.2) is 48.3 Å². The van der Waals surface area contributed by atoms with E-state index in [9.17, 15) is 4.21 Å². The van der Waals surface area contributed by atoms with Gasteiger partial charge in [-0.25, -0.2) is 4.99 Å². The number of guanidine groups is 1. The number of fused-ring (bicyclic) bond motifs is 1. The van der Waals surface area contributed by atoms with Gasteiger partial charge in [-0.2, -0.15) is 0 Å². The molecule has 8 heteroatoms. The molecule has 1 aliphatic heterocycles. The van der Waals surface area contributed by atoms with Crippen LogP contribution < -0.4 is 20.1 Å². The lowest BCUT2D eigenvalue weighted by molar-refractivity contribution is 0.0971. The van der Waals surface area contributed by atoms with E-state index in [1.807, 2.05) is 61.5 Å². The van der Waals surface area contributed by atoms with Crippen molar-refractivity contribution in [2.75, 3.05) is 32.0 Å². The normalized spacial score (nSPS) is 16.6. The Balaban J connectivity index is 0.00000280. The first-order valence-electron chi connectivity index (χ1n) is 9.10. The number of nitrogens with one attached hydrogen (secondary N) is 2. The zero-order chi connectivity index (χ0) is 18.9. The molecule has 1 aliphatic rings. The van der Waals surface area contributed by atoms with E-state index in [0.717, 1.165) is 22.9 Å². The minimum atomic E-state index is -1.03. The second kappa shape index (κ2) is 11.9. The van der Waals surface area contributed by atoms with E-state index in [2.05, 4.69) is 15.6 Å². The van der Waals surface area contributed by atoms with Crippen molar-refractivity contribution in [2.45, 2.75) is 17.9 Å². The summed E-state index contributed by atoms with van der Waals surface area (Å²) >= 11 is 0. The summed E-state index contributed by atoms with van der Waals surface area (Å²) < 4.78 is 23.9. The van der Waals surface area contributed by atoms with E-state index in [0.29, 0.717) is 31.4 Å². The lowest BCUT2D eigenvalue weighted by Crippen LogP contribution is -2.40. The van der Waals surface area contributed by atoms with E-state index in [1.54, 1.807) is 0 Å². The van der Waals surface area contributed by atoms with Gasteiger partial charge >= 0.3 is 0 Å². The summed E-state index contributed by atoms with van der Waals surface area (Å²) in [6.07, 6.45) is -0.131. The Morgan fingerprint density at radius 2 is 1.82 bits per heavy atom. The minimum absolute atomic E-state index is 0. The van der Waals surface area contributed by atoms with E-state index in [-0.39, 0.29) is 30.1 Å². The van der Waals surface area contributed by atoms with Crippen molar-refractivity contribution in [1.29, 1.82) is 0 Å². The van der Waals surface area contributed by atoms with E-state index in [4.69, 9.17) is 9.47 Å². The largest absolute Gasteiger partial charge is 0.486 e. The van der Waals surface area contributed by atoms with Gasteiger partial charge in [0.2, 0.25) is 0 Å². The number of hydrogen-bond acceptors (Lipinski definition) is 4. The monoisotopic (exact) mass is 515 g/mol. The third kappa shape index (κ3) is 6.66. The smallest absolute Gasteiger partial charge is 0.191 e. The van der Waals surface area contributed by atoms with Gasteiger partial charge in [0.25, 0.3) is 0 Å². The molecule has 2 N–H and O–H groups in total. The number of benzene rings is 2. The molecule has 3 rings (SSSR count). The van der Waals surface area contributed by atoms with Gasteiger partial charge in [0.15, 0.2) is 23.6 Å². The molecular formula is C20H26IN3O3S. The molecule has 6 nitrogen and oxygen atoms in total. The molecule has 0 aliphatic carbocycles. The molecule has 2 atom stereocenters. The van der Waals surface area contributed by atoms with Gasteiger partial charge in [0, 0.05) is 23.7 Å². The zero-order valence-electron chi connectivity index (χ0n) is 15.8. The highest BCUT2D eigenvalue weighted by atomic mass is 127. The van der Waals surface area contributed by atoms with Crippen LogP contribution in [0.4, 0.5) is 0 Å². The van der Waals surface area contributed by atoms with Gasteiger partial charge in [-0.05, 0) is 31.2 Å². The quantitative estimate of drug-likeness (QED) is 0.337. The van der Waals surface area contributed by atoms with Gasteiger partial charge in [-0.1, -0.05) is 30.3 Å². The van der Waals surface area contributed by atoms with Crippen LogP contribution in [0.25, 0.3) is 0 Å². The maximum absolute atomic E-state index is 12.3. The number of nitrogens with zero attached hydrogens (tertiary/aromatic N) is 1. The predicted octanol–water partition coefficient (Wildman–Crippen LogP) is 2.81. The molecule has 0 amide bonds. The van der Waals surface area contributed by atoms with Crippen LogP contribution in [-0.2, 0) is 10.8 Å². The average Bonchev–Trinajstić information content (AvgIpc) is 2.72. The molecule has 2 unspecified atom stereocenters. The van der Waals surface area contributed by atoms with Crippen LogP contribution >= 0.6 is 24.0 Å². The number of ether oxygens (including phenoxy) is 2. The Morgan fingerprint density at radius 3 is 2.57 bits per heavy atom. The molecule has 0 bridgehead atoms. The Hall–Kier alpha value is -1.81. The highest BCUT2D eigenvalue weighted by Crippen LogP contribution is 2.30. The van der Waals surface area contributed by atoms with Crippen LogP contribution in [0.2, 0.25) is 0 Å². The fourth-order valence-electron chi connectivity index (χ4n) is 2.64. The molecule has 152 valence electrons. The topological polar surface area (TPSA) is 72.0 Å². The van der Waals surface area contributed by atoms with Crippen LogP contribution in [0.1, 0.15) is 6.92 Å². The van der Waals surface area contributed by atoms with Crippen molar-refractivity contribution in [3.05, 3.63) is 54.6 Å². The Kier molecular flexibility index (Phi) is 9.56. The lowest BCUT2D eigenvalue weighted by Gasteiger charge is -2.25. The Bertz CT molecular complexity index is 789. The first-order valence-corrected chi connectivity index (χ1v) is 10.4. The number of para-hydroxylation sites is 2. The van der Waals surface area contributed by atoms with Gasteiger partial charge in [0.05, 0.1) is 17.3 Å². The first kappa shape index (κ1) is 22.5. The first-order chi connectivity index (χ1) is 13.3. The second-order valence-corrected chi connectivity index (χ2v) is 7.58. The third-order valence-electron chi connectivity index (χ3n) is 3.95. The van der Waals surface area contributed by atoms with Gasteiger partial charge in [-0.15, -0.1) is 24.0 Å². The van der Waals surface area contributed by atoms with Crippen molar-refractivity contribution in [3.63, 3.8) is 0 Å². The van der Waals surface area contributed by atoms with Gasteiger partial charge in [0.1, 0.15) is 6.61 Å². The summed E-state index contributed by atoms with van der Waals surface area (Å²) in [5, 5.41) is 6.43. The second-order valence-electron chi connectivity index (χ2n) is 6.01. The number of halogens is 1. The van der Waals surface area contributed by atoms with Crippen LogP contribution in [0.5, 0.6) is 11.5 Å². The van der Waals surface area contributed by atoms with Crippen molar-refractivity contribution >= 4 is 40.7 Å². The highest BCUT2D eigenvalue weighted by molar-refractivity contribution is 14.0. The standard InChI is InChI=1S/C20H25N3O3S.HI/c1-2-21-20(22-12-13-27(24)17-8-4-3-5-9-17)23-14-16-15-25-18-10-6-7-11-19(18)26-16;/h3-11,16H,2,12-15H2,1H3,(H2,21,22,23);1H. The van der Waals surface area contributed by atoms with Crippen LogP contribution in [0.15, 0.2) is 64.5 Å². The summed E-state index contributed by atoms with van der Waals surface area (Å²) in [7, 11) is -1.03. The van der Waals surface area contributed by atoms with Crippen molar-refractivity contribution < 1.29 is 13.7 Å². The highest BCUT2D eigenvalue weighted by Gasteiger charge is 2.20. The van der Waals surface area contributed by atoms with E-state index < -0.39 is 10.8 Å². The molecule has 2 aromatic carbocycles. The SMILES string of the molecule is CCNC(=NCC1COc2ccccc2O1)NCCS(=O)c1ccccc1.I. The average molecular weight is 515 g/mol. The number of aliphatic imine (C=N–C) groups is 1. The summed E-state index contributed by atoms with van der Waals surface area (Å²) in [5.74, 6) is 2.72. The maximum Gasteiger partial charge on any atom is 0.191 e. The minimum Gasteiger partial charge on any atom is -0.486 e. The fourth-order valence-corrected chi connectivity index (χ4v) is 3.62. The lowest BCUT2D eigenvalue weighted by atomic mass is 10.2. The summed E-state index contributed by atoms with van der Waals surface area (Å²) in [6, 6.07) is 17.1. The molecular weight excluding hydrogens is 489 g/mol. The molecule has 0 aromatic heterocycles. The van der Waals surface area contributed by atoms with Gasteiger partial charge in [-0.3, -0.25) is 4.21 Å². The third-order valence-corrected chi connectivity index (χ3v) is 5.32. The molecule has 0 saturated heterocycles. The van der Waals surface area contributed by atoms with E-state index >= 15 is 0 Å². The molecule has 0 radical (unpaired) electrons. The van der Waals surface area contributed by atoms with Crippen LogP contribution in [0.3, 0.4) is 0 Å². The van der Waals surface area contributed by atoms with Crippen molar-refractivity contribution in [3.8, 4) is 11.5 Å². The number of hydrogen-bond donors (Lipinski definition) is 2. The molecule has 0 spiro atoms. The van der Waals surface area contributed by atoms with Gasteiger partial charge < -0.3 is 20.1 Å². The van der Waals surface area contributed by atoms with E-state index in [1.165, 1.54) is 0 Å². The van der Waals surface area contributed by atoms with Crippen molar-refractivity contribution in [2.24, 2.45) is 4.99 Å². The molecule has 1 heterocycles. The predicted molar refractivity (Wildman–Crippen MR) is 123 cm³/mol. The molecule has 28 heavy (non-hydrogen) atoms. The van der Waals surface area contributed by atoms with Crippen molar-refractivity contribution in [1.82, 2.24) is 10.6 Å². The molecule has 0 fully saturated rings.